The van der Waals surface area contributed by atoms with Crippen LogP contribution in [0.25, 0.3) is 0 Å². The first kappa shape index (κ1) is 16.1. The first-order valence-corrected chi connectivity index (χ1v) is 7.89. The van der Waals surface area contributed by atoms with Gasteiger partial charge in [-0.3, -0.25) is 9.59 Å². The number of ketones is 1. The third-order valence-corrected chi connectivity index (χ3v) is 5.47. The molecule has 4 aliphatic carbocycles. The Balaban J connectivity index is 1.60. The third kappa shape index (κ3) is 2.99. The number of halogens is 2. The lowest BCUT2D eigenvalue weighted by molar-refractivity contribution is -0.433. The molecule has 0 aromatic heterocycles. The number of rotatable bonds is 6. The molecule has 4 rings (SSSR count). The summed E-state index contributed by atoms with van der Waals surface area (Å²) in [7, 11) is 0. The van der Waals surface area contributed by atoms with E-state index in [1.54, 1.807) is 0 Å². The van der Waals surface area contributed by atoms with Crippen LogP contribution in [0, 0.1) is 29.6 Å². The van der Waals surface area contributed by atoms with Crippen molar-refractivity contribution in [3.63, 3.8) is 0 Å². The van der Waals surface area contributed by atoms with Crippen LogP contribution in [0.3, 0.4) is 0 Å². The van der Waals surface area contributed by atoms with E-state index < -0.39 is 35.8 Å². The summed E-state index contributed by atoms with van der Waals surface area (Å²) in [5.74, 6) is -1.05. The van der Waals surface area contributed by atoms with Crippen molar-refractivity contribution in [2.75, 3.05) is 6.61 Å². The van der Waals surface area contributed by atoms with Crippen molar-refractivity contribution in [2.24, 2.45) is 29.6 Å². The monoisotopic (exact) mass is 338 g/mol. The summed E-state index contributed by atoms with van der Waals surface area (Å²) in [6.07, 6.45) is 3.10. The zero-order valence-corrected chi connectivity index (χ0v) is 12.4. The van der Waals surface area contributed by atoms with E-state index in [9.17, 15) is 18.4 Å². The molecule has 5 unspecified atom stereocenters. The largest absolute Gasteiger partial charge is 0.458 e. The van der Waals surface area contributed by atoms with E-state index >= 15 is 0 Å². The van der Waals surface area contributed by atoms with Crippen LogP contribution in [0.1, 0.15) is 25.7 Å². The van der Waals surface area contributed by atoms with E-state index in [0.717, 1.165) is 12.8 Å². The van der Waals surface area contributed by atoms with Crippen molar-refractivity contribution in [3.8, 4) is 0 Å². The Morgan fingerprint density at radius 3 is 2.82 bits per heavy atom. The van der Waals surface area contributed by atoms with Gasteiger partial charge < -0.3 is 4.74 Å². The van der Waals surface area contributed by atoms with E-state index in [1.165, 1.54) is 0 Å². The Labute approximate surface area is 129 Å². The minimum Gasteiger partial charge on any atom is -0.458 e. The molecule has 22 heavy (non-hydrogen) atoms. The Bertz CT molecular complexity index is 473. The summed E-state index contributed by atoms with van der Waals surface area (Å²) >= 11 is -0.453. The van der Waals surface area contributed by atoms with Gasteiger partial charge >= 0.3 is 11.2 Å². The van der Waals surface area contributed by atoms with Crippen molar-refractivity contribution in [1.29, 1.82) is 0 Å². The minimum atomic E-state index is -3.55. The van der Waals surface area contributed by atoms with Crippen molar-refractivity contribution in [2.45, 2.75) is 30.9 Å². The summed E-state index contributed by atoms with van der Waals surface area (Å²) in [4.78, 5) is 24.4. The lowest BCUT2D eigenvalue weighted by atomic mass is 9.51. The van der Waals surface area contributed by atoms with Gasteiger partial charge in [-0.25, -0.2) is 5.26 Å². The fraction of sp³-hybridized carbons (Fsp3) is 0.846. The maximum absolute atomic E-state index is 13.3. The molecule has 6 nitrogen and oxygen atoms in total. The van der Waals surface area contributed by atoms with Crippen LogP contribution in [0.5, 0.6) is 0 Å². The Hall–Kier alpha value is -0.770. The first-order chi connectivity index (χ1) is 10.4. The average molecular weight is 338 g/mol. The second-order valence-corrected chi connectivity index (χ2v) is 7.17. The Morgan fingerprint density at radius 2 is 2.09 bits per heavy atom. The van der Waals surface area contributed by atoms with Crippen LogP contribution in [0.4, 0.5) is 8.78 Å². The van der Waals surface area contributed by atoms with Gasteiger partial charge in [-0.05, 0) is 37.5 Å². The quantitative estimate of drug-likeness (QED) is 0.345. The SMILES string of the molecule is O=C1C2CC3CC(C2)C(C(=O)OCC(F)(F)SOOO)C1C3. The summed E-state index contributed by atoms with van der Waals surface area (Å²) in [6.45, 7) is -1.20. The standard InChI is InChI=1S/C13H16F2O6S/c14-13(15,22-21-20-18)5-19-12(17)10-7-1-6-2-8(4-7)11(16)9(10)3-6/h6-10,18H,1-5H2. The number of ether oxygens (including phenoxy) is 1. The number of hydrogen-bond donors (Lipinski definition) is 1. The molecule has 4 aliphatic rings. The van der Waals surface area contributed by atoms with Gasteiger partial charge in [0.05, 0.1) is 5.92 Å². The van der Waals surface area contributed by atoms with Crippen molar-refractivity contribution in [3.05, 3.63) is 0 Å². The van der Waals surface area contributed by atoms with Gasteiger partial charge in [0.15, 0.2) is 6.61 Å². The number of esters is 1. The molecule has 5 atom stereocenters. The van der Waals surface area contributed by atoms with Gasteiger partial charge in [0.1, 0.15) is 17.8 Å². The fourth-order valence-electron chi connectivity index (χ4n) is 4.33. The highest BCUT2D eigenvalue weighted by Crippen LogP contribution is 2.55. The fourth-order valence-corrected chi connectivity index (χ4v) is 4.57. The molecule has 4 bridgehead atoms. The van der Waals surface area contributed by atoms with Crippen LogP contribution >= 0.6 is 12.0 Å². The summed E-state index contributed by atoms with van der Waals surface area (Å²) in [6, 6.07) is 0. The highest BCUT2D eigenvalue weighted by atomic mass is 32.2. The topological polar surface area (TPSA) is 82.1 Å². The number of hydrogen-bond acceptors (Lipinski definition) is 7. The molecular formula is C13H16F2O6S. The van der Waals surface area contributed by atoms with Gasteiger partial charge in [0.25, 0.3) is 0 Å². The molecule has 0 aromatic rings. The van der Waals surface area contributed by atoms with E-state index in [4.69, 9.17) is 9.99 Å². The zero-order valence-electron chi connectivity index (χ0n) is 11.6. The minimum absolute atomic E-state index is 0.0404. The number of alkyl halides is 2. The number of carbonyl (C=O) groups is 2. The van der Waals surface area contributed by atoms with E-state index in [1.807, 2.05) is 0 Å². The van der Waals surface area contributed by atoms with Crippen LogP contribution in [-0.2, 0) is 23.7 Å². The maximum atomic E-state index is 13.3. The van der Waals surface area contributed by atoms with Crippen LogP contribution < -0.4 is 0 Å². The van der Waals surface area contributed by atoms with Gasteiger partial charge in [-0.15, -0.1) is 4.33 Å². The average Bonchev–Trinajstić information content (AvgIpc) is 2.48. The van der Waals surface area contributed by atoms with Crippen molar-refractivity contribution < 1.29 is 37.7 Å². The van der Waals surface area contributed by atoms with Crippen LogP contribution in [-0.4, -0.2) is 28.9 Å². The molecule has 0 radical (unpaired) electrons. The smallest absolute Gasteiger partial charge is 0.354 e. The highest BCUT2D eigenvalue weighted by molar-refractivity contribution is 7.95. The number of carbonyl (C=O) groups excluding carboxylic acids is 2. The summed E-state index contributed by atoms with van der Waals surface area (Å²) in [5, 5.41) is 7.40. The molecule has 0 amide bonds. The van der Waals surface area contributed by atoms with Gasteiger partial charge in [-0.2, -0.15) is 8.78 Å². The number of Topliss-reactive ketones (excluding diaryl/α,β-unsaturated/α-hetero) is 1. The lowest BCUT2D eigenvalue weighted by Gasteiger charge is -2.51. The Kier molecular flexibility index (Phi) is 4.41. The van der Waals surface area contributed by atoms with Crippen LogP contribution in [0.2, 0.25) is 0 Å². The summed E-state index contributed by atoms with van der Waals surface area (Å²) in [5.41, 5.74) is 0. The highest BCUT2D eigenvalue weighted by Gasteiger charge is 2.56. The first-order valence-electron chi connectivity index (χ1n) is 7.15. The second-order valence-electron chi connectivity index (χ2n) is 6.27. The predicted octanol–water partition coefficient (Wildman–Crippen LogP) is 2.44. The maximum Gasteiger partial charge on any atom is 0.354 e. The molecule has 4 fully saturated rings. The molecule has 4 saturated carbocycles. The zero-order chi connectivity index (χ0) is 15.9. The molecule has 124 valence electrons. The lowest BCUT2D eigenvalue weighted by Crippen LogP contribution is -2.54. The third-order valence-electron chi connectivity index (χ3n) is 4.98. The van der Waals surface area contributed by atoms with E-state index in [2.05, 4.69) is 9.37 Å². The molecule has 9 heteroatoms. The van der Waals surface area contributed by atoms with E-state index in [-0.39, 0.29) is 23.5 Å². The molecule has 0 saturated heterocycles. The van der Waals surface area contributed by atoms with Crippen LogP contribution in [0.15, 0.2) is 0 Å². The molecule has 1 N–H and O–H groups in total. The van der Waals surface area contributed by atoms with Crippen molar-refractivity contribution >= 4 is 23.8 Å². The predicted molar refractivity (Wildman–Crippen MR) is 69.2 cm³/mol. The second kappa shape index (κ2) is 6.03. The van der Waals surface area contributed by atoms with Crippen molar-refractivity contribution in [1.82, 2.24) is 0 Å². The summed E-state index contributed by atoms with van der Waals surface area (Å²) < 4.78 is 34.9. The van der Waals surface area contributed by atoms with Gasteiger partial charge in [0, 0.05) is 11.8 Å². The molecular weight excluding hydrogens is 322 g/mol. The molecule has 0 heterocycles. The molecule has 0 spiro atoms. The van der Waals surface area contributed by atoms with Gasteiger partial charge in [-0.1, -0.05) is 5.04 Å². The Morgan fingerprint density at radius 1 is 1.32 bits per heavy atom. The molecule has 0 aromatic carbocycles. The van der Waals surface area contributed by atoms with E-state index in [0.29, 0.717) is 18.8 Å². The molecule has 0 aliphatic heterocycles. The van der Waals surface area contributed by atoms with Gasteiger partial charge in [0.2, 0.25) is 0 Å². The normalized spacial score (nSPS) is 36.7.